The first-order chi connectivity index (χ1) is 16.5. The number of aliphatic carboxylic acids is 1. The number of ether oxygens (including phenoxy) is 2. The van der Waals surface area contributed by atoms with Gasteiger partial charge in [0.2, 0.25) is 0 Å². The third-order valence-electron chi connectivity index (χ3n) is 5.43. The smallest absolute Gasteiger partial charge is 0.347 e. The lowest BCUT2D eigenvalue weighted by Gasteiger charge is -2.25. The Balaban J connectivity index is 1.75. The van der Waals surface area contributed by atoms with Crippen LogP contribution in [0.3, 0.4) is 0 Å². The molecule has 0 fully saturated rings. The number of nitrogens with zero attached hydrogens (tertiary/aromatic N) is 1. The average molecular weight is 476 g/mol. The summed E-state index contributed by atoms with van der Waals surface area (Å²) in [5.74, 6) is 1.05. The van der Waals surface area contributed by atoms with Crippen molar-refractivity contribution in [2.45, 2.75) is 46.8 Å². The normalized spacial score (nSPS) is 11.3. The first kappa shape index (κ1) is 25.8. The Morgan fingerprint density at radius 1 is 0.943 bits per heavy atom. The molecule has 0 heterocycles. The maximum Gasteiger partial charge on any atom is 0.347 e. The second kappa shape index (κ2) is 11.1. The fourth-order valence-electron chi connectivity index (χ4n) is 3.61. The highest BCUT2D eigenvalue weighted by Crippen LogP contribution is 2.30. The number of amides is 1. The van der Waals surface area contributed by atoms with E-state index in [1.807, 2.05) is 72.5 Å². The Morgan fingerprint density at radius 3 is 2.26 bits per heavy atom. The minimum atomic E-state index is -1.33. The van der Waals surface area contributed by atoms with Crippen LogP contribution in [0, 0.1) is 12.8 Å². The molecule has 35 heavy (non-hydrogen) atoms. The molecule has 6 nitrogen and oxygen atoms in total. The second-order valence-corrected chi connectivity index (χ2v) is 9.54. The Bertz CT molecular complexity index is 1170. The van der Waals surface area contributed by atoms with Gasteiger partial charge in [0.05, 0.1) is 0 Å². The quantitative estimate of drug-likeness (QED) is 0.371. The van der Waals surface area contributed by atoms with Crippen LogP contribution in [0.5, 0.6) is 17.2 Å². The van der Waals surface area contributed by atoms with Crippen LogP contribution in [0.4, 0.5) is 0 Å². The third-order valence-corrected chi connectivity index (χ3v) is 5.43. The maximum atomic E-state index is 13.1. The van der Waals surface area contributed by atoms with E-state index in [-0.39, 0.29) is 5.91 Å². The summed E-state index contributed by atoms with van der Waals surface area (Å²) in [6.07, 6.45) is 0. The predicted octanol–water partition coefficient (Wildman–Crippen LogP) is 6.33. The van der Waals surface area contributed by atoms with Gasteiger partial charge >= 0.3 is 5.97 Å². The van der Waals surface area contributed by atoms with Crippen molar-refractivity contribution in [3.8, 4) is 17.2 Å². The minimum absolute atomic E-state index is 0.00104. The van der Waals surface area contributed by atoms with Gasteiger partial charge in [0.1, 0.15) is 17.2 Å². The summed E-state index contributed by atoms with van der Waals surface area (Å²) in [5, 5.41) is 9.30. The van der Waals surface area contributed by atoms with Crippen LogP contribution in [0.15, 0.2) is 72.8 Å². The van der Waals surface area contributed by atoms with Crippen LogP contribution in [-0.2, 0) is 11.3 Å². The van der Waals surface area contributed by atoms with Gasteiger partial charge in [0.15, 0.2) is 5.60 Å². The molecule has 3 aromatic rings. The van der Waals surface area contributed by atoms with E-state index < -0.39 is 11.6 Å². The van der Waals surface area contributed by atoms with Crippen LogP contribution in [0.1, 0.15) is 49.2 Å². The van der Waals surface area contributed by atoms with E-state index in [1.54, 1.807) is 12.1 Å². The van der Waals surface area contributed by atoms with Gasteiger partial charge in [-0.2, -0.15) is 0 Å². The van der Waals surface area contributed by atoms with Crippen molar-refractivity contribution in [1.29, 1.82) is 0 Å². The standard InChI is InChI=1S/C29H33NO5/c1-20(2)18-30(27(31)23-11-7-6-8-12-23)19-22-10-9-13-24(17-22)34-25-14-15-26(21(3)16-25)35-29(4,5)28(32)33/h6-17,20H,18-19H2,1-5H3,(H,32,33). The van der Waals surface area contributed by atoms with E-state index in [4.69, 9.17) is 9.47 Å². The molecule has 3 aromatic carbocycles. The molecule has 184 valence electrons. The summed E-state index contributed by atoms with van der Waals surface area (Å²) >= 11 is 0. The molecule has 0 bridgehead atoms. The largest absolute Gasteiger partial charge is 0.478 e. The molecule has 0 aliphatic heterocycles. The monoisotopic (exact) mass is 475 g/mol. The van der Waals surface area contributed by atoms with E-state index in [0.717, 1.165) is 11.1 Å². The molecule has 0 unspecified atom stereocenters. The van der Waals surface area contributed by atoms with E-state index >= 15 is 0 Å². The second-order valence-electron chi connectivity index (χ2n) is 9.54. The Kier molecular flexibility index (Phi) is 8.18. The highest BCUT2D eigenvalue weighted by Gasteiger charge is 2.30. The van der Waals surface area contributed by atoms with Gasteiger partial charge < -0.3 is 19.5 Å². The third kappa shape index (κ3) is 7.09. The molecule has 0 atom stereocenters. The zero-order valence-electron chi connectivity index (χ0n) is 20.9. The molecule has 0 saturated heterocycles. The van der Waals surface area contributed by atoms with Crippen molar-refractivity contribution in [3.63, 3.8) is 0 Å². The number of aryl methyl sites for hydroxylation is 1. The Labute approximate surface area is 207 Å². The molecule has 0 aliphatic carbocycles. The van der Waals surface area contributed by atoms with Crippen molar-refractivity contribution in [3.05, 3.63) is 89.5 Å². The van der Waals surface area contributed by atoms with Crippen LogP contribution in [-0.4, -0.2) is 34.0 Å². The number of benzene rings is 3. The van der Waals surface area contributed by atoms with Crippen LogP contribution < -0.4 is 9.47 Å². The van der Waals surface area contributed by atoms with Gasteiger partial charge in [-0.25, -0.2) is 4.79 Å². The Hall–Kier alpha value is -3.80. The summed E-state index contributed by atoms with van der Waals surface area (Å²) in [5.41, 5.74) is 1.07. The van der Waals surface area contributed by atoms with Gasteiger partial charge in [-0.05, 0) is 80.3 Å². The zero-order valence-corrected chi connectivity index (χ0v) is 20.9. The molecular weight excluding hydrogens is 442 g/mol. The van der Waals surface area contributed by atoms with E-state index in [9.17, 15) is 14.7 Å². The average Bonchev–Trinajstić information content (AvgIpc) is 2.80. The molecule has 0 aromatic heterocycles. The number of hydrogen-bond donors (Lipinski definition) is 1. The Morgan fingerprint density at radius 2 is 1.63 bits per heavy atom. The minimum Gasteiger partial charge on any atom is -0.478 e. The molecule has 1 amide bonds. The van der Waals surface area contributed by atoms with Crippen LogP contribution in [0.25, 0.3) is 0 Å². The number of hydrogen-bond acceptors (Lipinski definition) is 4. The van der Waals surface area contributed by atoms with E-state index in [2.05, 4.69) is 13.8 Å². The number of carbonyl (C=O) groups excluding carboxylic acids is 1. The first-order valence-electron chi connectivity index (χ1n) is 11.7. The topological polar surface area (TPSA) is 76.1 Å². The highest BCUT2D eigenvalue weighted by atomic mass is 16.5. The number of carboxylic acids is 1. The number of carbonyl (C=O) groups is 2. The van der Waals surface area contributed by atoms with Crippen molar-refractivity contribution in [2.24, 2.45) is 5.92 Å². The summed E-state index contributed by atoms with van der Waals surface area (Å²) in [7, 11) is 0. The van der Waals surface area contributed by atoms with Gasteiger partial charge in [0.25, 0.3) is 5.91 Å². The maximum absolute atomic E-state index is 13.1. The van der Waals surface area contributed by atoms with Gasteiger partial charge in [-0.15, -0.1) is 0 Å². The van der Waals surface area contributed by atoms with Gasteiger partial charge in [-0.1, -0.05) is 44.2 Å². The number of carboxylic acid groups (broad SMARTS) is 1. The summed E-state index contributed by atoms with van der Waals surface area (Å²) in [6.45, 7) is 10.2. The molecule has 1 N–H and O–H groups in total. The fourth-order valence-corrected chi connectivity index (χ4v) is 3.61. The lowest BCUT2D eigenvalue weighted by Crippen LogP contribution is -2.38. The van der Waals surface area contributed by atoms with Crippen molar-refractivity contribution in [2.75, 3.05) is 6.54 Å². The molecule has 3 rings (SSSR count). The number of rotatable bonds is 10. The summed E-state index contributed by atoms with van der Waals surface area (Å²) < 4.78 is 11.7. The molecule has 6 heteroatoms. The molecular formula is C29H33NO5. The first-order valence-corrected chi connectivity index (χ1v) is 11.7. The van der Waals surface area contributed by atoms with E-state index in [0.29, 0.717) is 41.8 Å². The van der Waals surface area contributed by atoms with Gasteiger partial charge in [-0.3, -0.25) is 4.79 Å². The van der Waals surface area contributed by atoms with Crippen molar-refractivity contribution < 1.29 is 24.2 Å². The van der Waals surface area contributed by atoms with Crippen molar-refractivity contribution in [1.82, 2.24) is 4.90 Å². The highest BCUT2D eigenvalue weighted by molar-refractivity contribution is 5.94. The summed E-state index contributed by atoms with van der Waals surface area (Å²) in [4.78, 5) is 26.3. The summed E-state index contributed by atoms with van der Waals surface area (Å²) in [6, 6.07) is 22.3. The van der Waals surface area contributed by atoms with E-state index in [1.165, 1.54) is 13.8 Å². The molecule has 0 radical (unpaired) electrons. The molecule has 0 aliphatic rings. The lowest BCUT2D eigenvalue weighted by atomic mass is 10.1. The predicted molar refractivity (Wildman–Crippen MR) is 136 cm³/mol. The zero-order chi connectivity index (χ0) is 25.6. The molecule has 0 spiro atoms. The van der Waals surface area contributed by atoms with Gasteiger partial charge in [0, 0.05) is 18.7 Å². The van der Waals surface area contributed by atoms with Crippen molar-refractivity contribution >= 4 is 11.9 Å². The fraction of sp³-hybridized carbons (Fsp3) is 0.310. The van der Waals surface area contributed by atoms with Crippen LogP contribution in [0.2, 0.25) is 0 Å². The SMILES string of the molecule is Cc1cc(Oc2cccc(CN(CC(C)C)C(=O)c3ccccc3)c2)ccc1OC(C)(C)C(=O)O. The molecule has 0 saturated carbocycles. The van der Waals surface area contributed by atoms with Crippen LogP contribution >= 0.6 is 0 Å². The lowest BCUT2D eigenvalue weighted by molar-refractivity contribution is -0.152.